The van der Waals surface area contributed by atoms with E-state index in [1.165, 1.54) is 0 Å². The highest BCUT2D eigenvalue weighted by atomic mass is 35.5. The van der Waals surface area contributed by atoms with Gasteiger partial charge in [-0.2, -0.15) is 0 Å². The Balaban J connectivity index is 2.35. The van der Waals surface area contributed by atoms with Crippen LogP contribution < -0.4 is 4.90 Å². The molecule has 0 aliphatic carbocycles. The molecule has 2 N–H and O–H groups in total. The number of aliphatic hydroxyl groups is 2. The molecule has 94 valence electrons. The number of halogens is 1. The lowest BCUT2D eigenvalue weighted by Crippen LogP contribution is -2.24. The van der Waals surface area contributed by atoms with E-state index in [-0.39, 0.29) is 0 Å². The van der Waals surface area contributed by atoms with E-state index >= 15 is 0 Å². The van der Waals surface area contributed by atoms with Crippen LogP contribution in [0.15, 0.2) is 0 Å². The zero-order valence-electron chi connectivity index (χ0n) is 9.89. The summed E-state index contributed by atoms with van der Waals surface area (Å²) in [6.07, 6.45) is -0.757. The quantitative estimate of drug-likeness (QED) is 0.757. The Kier molecular flexibility index (Phi) is 3.51. The van der Waals surface area contributed by atoms with Crippen molar-refractivity contribution >= 4 is 17.4 Å². The molecule has 5 nitrogen and oxygen atoms in total. The van der Waals surface area contributed by atoms with Crippen LogP contribution >= 0.6 is 11.6 Å². The predicted octanol–water partition coefficient (Wildman–Crippen LogP) is 0.543. The van der Waals surface area contributed by atoms with Crippen LogP contribution in [-0.4, -0.2) is 45.5 Å². The Morgan fingerprint density at radius 2 is 1.88 bits per heavy atom. The monoisotopic (exact) mass is 257 g/mol. The van der Waals surface area contributed by atoms with Crippen LogP contribution in [0.3, 0.4) is 0 Å². The van der Waals surface area contributed by atoms with Gasteiger partial charge in [-0.1, -0.05) is 18.5 Å². The van der Waals surface area contributed by atoms with E-state index in [0.717, 1.165) is 5.56 Å². The average Bonchev–Trinajstić information content (AvgIpc) is 2.62. The Hall–Kier alpha value is -0.910. The molecule has 1 saturated heterocycles. The summed E-state index contributed by atoms with van der Waals surface area (Å²) in [5.41, 5.74) is 0.783. The number of rotatable bonds is 2. The maximum Gasteiger partial charge on any atom is 0.137 e. The maximum atomic E-state index is 9.55. The second kappa shape index (κ2) is 4.76. The minimum absolute atomic E-state index is 0.374. The Morgan fingerprint density at radius 1 is 1.29 bits per heavy atom. The van der Waals surface area contributed by atoms with E-state index in [1.54, 1.807) is 0 Å². The number of nitrogens with zero attached hydrogens (tertiary/aromatic N) is 3. The van der Waals surface area contributed by atoms with Crippen molar-refractivity contribution in [3.63, 3.8) is 0 Å². The van der Waals surface area contributed by atoms with Crippen LogP contribution in [0.5, 0.6) is 0 Å². The van der Waals surface area contributed by atoms with Gasteiger partial charge in [0.2, 0.25) is 0 Å². The van der Waals surface area contributed by atoms with E-state index < -0.39 is 12.2 Å². The minimum atomic E-state index is -0.729. The van der Waals surface area contributed by atoms with Crippen LogP contribution in [0.4, 0.5) is 5.82 Å². The first-order chi connectivity index (χ1) is 8.02. The number of anilines is 1. The molecule has 1 aromatic heterocycles. The number of hydrogen-bond acceptors (Lipinski definition) is 5. The fourth-order valence-electron chi connectivity index (χ4n) is 1.93. The predicted molar refractivity (Wildman–Crippen MR) is 65.4 cm³/mol. The second-order valence-electron chi connectivity index (χ2n) is 4.27. The average molecular weight is 258 g/mol. The minimum Gasteiger partial charge on any atom is -0.389 e. The number of aliphatic hydroxyl groups excluding tert-OH is 2. The third-order valence-electron chi connectivity index (χ3n) is 2.98. The van der Waals surface area contributed by atoms with Crippen molar-refractivity contribution in [2.24, 2.45) is 0 Å². The summed E-state index contributed by atoms with van der Waals surface area (Å²) < 4.78 is 0. The van der Waals surface area contributed by atoms with Crippen molar-refractivity contribution in [3.8, 4) is 0 Å². The van der Waals surface area contributed by atoms with Crippen molar-refractivity contribution in [1.29, 1.82) is 0 Å². The molecule has 1 aliphatic rings. The first-order valence-electron chi connectivity index (χ1n) is 5.67. The van der Waals surface area contributed by atoms with Crippen molar-refractivity contribution in [3.05, 3.63) is 16.5 Å². The molecular weight excluding hydrogens is 242 g/mol. The van der Waals surface area contributed by atoms with E-state index in [4.69, 9.17) is 11.6 Å². The molecule has 1 aliphatic heterocycles. The highest BCUT2D eigenvalue weighted by Gasteiger charge is 2.31. The van der Waals surface area contributed by atoms with Gasteiger partial charge in [0.15, 0.2) is 0 Å². The van der Waals surface area contributed by atoms with Crippen molar-refractivity contribution in [1.82, 2.24) is 9.97 Å². The largest absolute Gasteiger partial charge is 0.389 e. The van der Waals surface area contributed by atoms with E-state index in [9.17, 15) is 10.2 Å². The zero-order valence-corrected chi connectivity index (χ0v) is 10.6. The molecule has 0 radical (unpaired) electrons. The van der Waals surface area contributed by atoms with E-state index in [1.807, 2.05) is 18.7 Å². The number of β-amino-alcohol motifs (C(OH)–C–C–N with tert-alkyl or cyclic N) is 2. The van der Waals surface area contributed by atoms with Crippen molar-refractivity contribution in [2.75, 3.05) is 18.0 Å². The van der Waals surface area contributed by atoms with Crippen molar-refractivity contribution < 1.29 is 10.2 Å². The molecule has 2 heterocycles. The zero-order chi connectivity index (χ0) is 12.6. The summed E-state index contributed by atoms with van der Waals surface area (Å²) in [6, 6.07) is 0. The fourth-order valence-corrected chi connectivity index (χ4v) is 2.11. The summed E-state index contributed by atoms with van der Waals surface area (Å²) in [5, 5.41) is 19.5. The maximum absolute atomic E-state index is 9.55. The molecular formula is C11H16ClN3O2. The summed E-state index contributed by atoms with van der Waals surface area (Å²) in [5.74, 6) is 1.38. The Morgan fingerprint density at radius 3 is 2.41 bits per heavy atom. The van der Waals surface area contributed by atoms with Crippen LogP contribution in [0, 0.1) is 6.92 Å². The summed E-state index contributed by atoms with van der Waals surface area (Å²) in [6.45, 7) is 4.55. The van der Waals surface area contributed by atoms with Crippen molar-refractivity contribution in [2.45, 2.75) is 32.5 Å². The van der Waals surface area contributed by atoms with Gasteiger partial charge in [0, 0.05) is 25.1 Å². The lowest BCUT2D eigenvalue weighted by Gasteiger charge is -2.19. The van der Waals surface area contributed by atoms with Gasteiger partial charge in [-0.25, -0.2) is 9.97 Å². The highest BCUT2D eigenvalue weighted by molar-refractivity contribution is 6.30. The summed E-state index contributed by atoms with van der Waals surface area (Å²) in [7, 11) is 0. The first-order valence-corrected chi connectivity index (χ1v) is 6.04. The number of aryl methyl sites for hydroxylation is 1. The highest BCUT2D eigenvalue weighted by Crippen LogP contribution is 2.26. The second-order valence-corrected chi connectivity index (χ2v) is 4.63. The van der Waals surface area contributed by atoms with E-state index in [2.05, 4.69) is 9.97 Å². The Labute approximate surface area is 105 Å². The number of hydrogen-bond donors (Lipinski definition) is 2. The molecule has 2 rings (SSSR count). The molecule has 0 spiro atoms. The van der Waals surface area contributed by atoms with Gasteiger partial charge in [0.05, 0.1) is 12.2 Å². The molecule has 6 heteroatoms. The number of aromatic nitrogens is 2. The smallest absolute Gasteiger partial charge is 0.137 e. The molecule has 2 atom stereocenters. The van der Waals surface area contributed by atoms with E-state index in [0.29, 0.717) is 36.3 Å². The van der Waals surface area contributed by atoms with Gasteiger partial charge < -0.3 is 15.1 Å². The van der Waals surface area contributed by atoms with Crippen LogP contribution in [0.2, 0.25) is 5.15 Å². The fraction of sp³-hybridized carbons (Fsp3) is 0.636. The lowest BCUT2D eigenvalue weighted by atomic mass is 10.3. The third kappa shape index (κ3) is 2.36. The van der Waals surface area contributed by atoms with Crippen LogP contribution in [0.25, 0.3) is 0 Å². The summed E-state index contributed by atoms with van der Waals surface area (Å²) in [4.78, 5) is 10.4. The topological polar surface area (TPSA) is 69.5 Å². The molecule has 1 aromatic rings. The SMILES string of the molecule is CCc1nc(Cl)c(C)c(N2CC(O)C(O)C2)n1. The third-order valence-corrected chi connectivity index (χ3v) is 3.35. The molecule has 2 unspecified atom stereocenters. The van der Waals surface area contributed by atoms with Crippen LogP contribution in [-0.2, 0) is 6.42 Å². The van der Waals surface area contributed by atoms with Gasteiger partial charge >= 0.3 is 0 Å². The molecule has 0 bridgehead atoms. The first kappa shape index (κ1) is 12.5. The lowest BCUT2D eigenvalue weighted by molar-refractivity contribution is 0.0572. The molecule has 17 heavy (non-hydrogen) atoms. The molecule has 0 amide bonds. The standard InChI is InChI=1S/C11H16ClN3O2/c1-3-9-13-10(12)6(2)11(14-9)15-4-7(16)8(17)5-15/h7-8,16-17H,3-5H2,1-2H3. The molecule has 1 fully saturated rings. The normalized spacial score (nSPS) is 24.4. The summed E-state index contributed by atoms with van der Waals surface area (Å²) >= 11 is 6.05. The van der Waals surface area contributed by atoms with Gasteiger partial charge in [-0.3, -0.25) is 0 Å². The van der Waals surface area contributed by atoms with Gasteiger partial charge in [0.1, 0.15) is 16.8 Å². The van der Waals surface area contributed by atoms with Gasteiger partial charge in [-0.15, -0.1) is 0 Å². The van der Waals surface area contributed by atoms with Gasteiger partial charge in [-0.05, 0) is 6.92 Å². The molecule has 0 saturated carbocycles. The Bertz CT molecular complexity index is 417. The van der Waals surface area contributed by atoms with Crippen LogP contribution in [0.1, 0.15) is 18.3 Å². The van der Waals surface area contributed by atoms with Gasteiger partial charge in [0.25, 0.3) is 0 Å². The molecule has 0 aromatic carbocycles.